The van der Waals surface area contributed by atoms with Crippen LogP contribution < -0.4 is 0 Å². The van der Waals surface area contributed by atoms with Crippen molar-refractivity contribution in [2.45, 2.75) is 38.9 Å². The van der Waals surface area contributed by atoms with Crippen LogP contribution >= 0.6 is 12.2 Å². The Bertz CT molecular complexity index is 1160. The molecular weight excluding hydrogens is 424 g/mol. The summed E-state index contributed by atoms with van der Waals surface area (Å²) in [5.74, 6) is 1.98. The van der Waals surface area contributed by atoms with E-state index in [1.54, 1.807) is 28.9 Å². The first-order chi connectivity index (χ1) is 14.2. The fourth-order valence-electron chi connectivity index (χ4n) is 3.13. The van der Waals surface area contributed by atoms with Gasteiger partial charge < -0.3 is 8.83 Å². The molecule has 0 saturated heterocycles. The molecule has 0 aliphatic carbocycles. The van der Waals surface area contributed by atoms with Crippen LogP contribution in [0.2, 0.25) is 0 Å². The minimum atomic E-state index is -3.57. The minimum absolute atomic E-state index is 0.199. The quantitative estimate of drug-likeness (QED) is 0.457. The van der Waals surface area contributed by atoms with Gasteiger partial charge in [0.25, 0.3) is 4.84 Å². The SMILES string of the molecule is CCN(CC)S(=O)(=O)c1cccc(-c2nn(CN(C)Cc3ccc(C)o3)c(=S)o2)c1. The monoisotopic (exact) mass is 450 g/mol. The van der Waals surface area contributed by atoms with Crippen molar-refractivity contribution >= 4 is 22.2 Å². The molecule has 0 fully saturated rings. The van der Waals surface area contributed by atoms with E-state index in [2.05, 4.69) is 5.10 Å². The largest absolute Gasteiger partial charge is 0.465 e. The Kier molecular flexibility index (Phi) is 6.91. The maximum Gasteiger partial charge on any atom is 0.288 e. The van der Waals surface area contributed by atoms with E-state index >= 15 is 0 Å². The van der Waals surface area contributed by atoms with Gasteiger partial charge in [-0.1, -0.05) is 19.9 Å². The van der Waals surface area contributed by atoms with Crippen LogP contribution in [0.4, 0.5) is 0 Å². The second-order valence-corrected chi connectivity index (χ2v) is 9.24. The van der Waals surface area contributed by atoms with Crippen LogP contribution in [0.15, 0.2) is 50.1 Å². The van der Waals surface area contributed by atoms with E-state index in [0.717, 1.165) is 11.5 Å². The first kappa shape index (κ1) is 22.4. The van der Waals surface area contributed by atoms with E-state index < -0.39 is 10.0 Å². The molecule has 0 aliphatic heterocycles. The van der Waals surface area contributed by atoms with Crippen molar-refractivity contribution in [2.75, 3.05) is 20.1 Å². The first-order valence-electron chi connectivity index (χ1n) is 9.67. The Hall–Kier alpha value is -2.27. The van der Waals surface area contributed by atoms with Crippen LogP contribution in [0.3, 0.4) is 0 Å². The van der Waals surface area contributed by atoms with Crippen molar-refractivity contribution in [3.63, 3.8) is 0 Å². The van der Waals surface area contributed by atoms with Crippen LogP contribution in [-0.4, -0.2) is 47.5 Å². The van der Waals surface area contributed by atoms with Gasteiger partial charge in [0, 0.05) is 18.7 Å². The average Bonchev–Trinajstić information content (AvgIpc) is 3.28. The van der Waals surface area contributed by atoms with Gasteiger partial charge in [-0.3, -0.25) is 4.90 Å². The summed E-state index contributed by atoms with van der Waals surface area (Å²) in [7, 11) is -1.65. The van der Waals surface area contributed by atoms with Crippen molar-refractivity contribution in [2.24, 2.45) is 0 Å². The molecule has 0 saturated carbocycles. The Balaban J connectivity index is 1.82. The zero-order chi connectivity index (χ0) is 21.9. The van der Waals surface area contributed by atoms with E-state index in [1.807, 2.05) is 44.9 Å². The molecule has 0 spiro atoms. The van der Waals surface area contributed by atoms with Crippen molar-refractivity contribution in [1.29, 1.82) is 0 Å². The highest BCUT2D eigenvalue weighted by Gasteiger charge is 2.22. The molecule has 0 radical (unpaired) electrons. The Morgan fingerprint density at radius 2 is 1.87 bits per heavy atom. The number of hydrogen-bond acceptors (Lipinski definition) is 7. The van der Waals surface area contributed by atoms with Crippen LogP contribution in [0.5, 0.6) is 0 Å². The summed E-state index contributed by atoms with van der Waals surface area (Å²) in [4.78, 5) is 2.40. The van der Waals surface area contributed by atoms with Gasteiger partial charge in [-0.2, -0.15) is 4.31 Å². The summed E-state index contributed by atoms with van der Waals surface area (Å²) in [5, 5.41) is 4.44. The predicted molar refractivity (Wildman–Crippen MR) is 116 cm³/mol. The van der Waals surface area contributed by atoms with Crippen molar-refractivity contribution < 1.29 is 17.3 Å². The Labute approximate surface area is 181 Å². The molecule has 2 aromatic heterocycles. The predicted octanol–water partition coefficient (Wildman–Crippen LogP) is 3.89. The van der Waals surface area contributed by atoms with Crippen molar-refractivity contribution in [3.05, 3.63) is 52.8 Å². The second kappa shape index (κ2) is 9.25. The molecule has 2 heterocycles. The van der Waals surface area contributed by atoms with Crippen LogP contribution in [0.25, 0.3) is 11.5 Å². The molecule has 8 nitrogen and oxygen atoms in total. The number of furan rings is 1. The number of aryl methyl sites for hydroxylation is 1. The number of nitrogens with zero attached hydrogens (tertiary/aromatic N) is 4. The van der Waals surface area contributed by atoms with Gasteiger partial charge in [-0.15, -0.1) is 5.10 Å². The van der Waals surface area contributed by atoms with E-state index in [4.69, 9.17) is 21.1 Å². The van der Waals surface area contributed by atoms with E-state index in [-0.39, 0.29) is 15.6 Å². The molecule has 3 aromatic rings. The van der Waals surface area contributed by atoms with Crippen LogP contribution in [0.1, 0.15) is 25.4 Å². The molecular formula is C20H26N4O4S2. The third-order valence-electron chi connectivity index (χ3n) is 4.63. The van der Waals surface area contributed by atoms with E-state index in [1.165, 1.54) is 4.31 Å². The Morgan fingerprint density at radius 3 is 2.50 bits per heavy atom. The molecule has 10 heteroatoms. The normalized spacial score (nSPS) is 12.2. The smallest absolute Gasteiger partial charge is 0.288 e. The summed E-state index contributed by atoms with van der Waals surface area (Å²) < 4.78 is 39.8. The second-order valence-electron chi connectivity index (χ2n) is 6.96. The maximum absolute atomic E-state index is 12.8. The maximum atomic E-state index is 12.8. The number of hydrogen-bond donors (Lipinski definition) is 0. The molecule has 0 aliphatic rings. The summed E-state index contributed by atoms with van der Waals surface area (Å²) in [6, 6.07) is 10.4. The zero-order valence-electron chi connectivity index (χ0n) is 17.5. The van der Waals surface area contributed by atoms with Gasteiger partial charge in [0.15, 0.2) is 0 Å². The Morgan fingerprint density at radius 1 is 1.13 bits per heavy atom. The van der Waals surface area contributed by atoms with E-state index in [9.17, 15) is 8.42 Å². The lowest BCUT2D eigenvalue weighted by Crippen LogP contribution is -2.30. The highest BCUT2D eigenvalue weighted by Crippen LogP contribution is 2.24. The summed E-state index contributed by atoms with van der Waals surface area (Å²) in [6.07, 6.45) is 0. The molecule has 0 unspecified atom stereocenters. The highest BCUT2D eigenvalue weighted by molar-refractivity contribution is 7.89. The third kappa shape index (κ3) is 4.89. The lowest BCUT2D eigenvalue weighted by molar-refractivity contribution is 0.222. The number of rotatable bonds is 9. The molecule has 162 valence electrons. The van der Waals surface area contributed by atoms with Gasteiger partial charge in [0.05, 0.1) is 18.1 Å². The van der Waals surface area contributed by atoms with Crippen molar-refractivity contribution in [3.8, 4) is 11.5 Å². The van der Waals surface area contributed by atoms with Gasteiger partial charge in [-0.25, -0.2) is 13.1 Å². The zero-order valence-corrected chi connectivity index (χ0v) is 19.2. The molecule has 1 aromatic carbocycles. The summed E-state index contributed by atoms with van der Waals surface area (Å²) in [6.45, 7) is 7.32. The number of aromatic nitrogens is 2. The van der Waals surface area contributed by atoms with Crippen LogP contribution in [-0.2, 0) is 23.2 Å². The fraction of sp³-hybridized carbons (Fsp3) is 0.400. The molecule has 0 atom stereocenters. The number of benzene rings is 1. The molecule has 0 N–H and O–H groups in total. The van der Waals surface area contributed by atoms with Crippen LogP contribution in [0, 0.1) is 11.8 Å². The highest BCUT2D eigenvalue weighted by atomic mass is 32.2. The third-order valence-corrected chi connectivity index (χ3v) is 6.97. The fourth-order valence-corrected chi connectivity index (χ4v) is 4.81. The van der Waals surface area contributed by atoms with Gasteiger partial charge in [-0.05, 0) is 56.5 Å². The summed E-state index contributed by atoms with van der Waals surface area (Å²) >= 11 is 5.30. The minimum Gasteiger partial charge on any atom is -0.465 e. The van der Waals surface area contributed by atoms with Gasteiger partial charge >= 0.3 is 0 Å². The lowest BCUT2D eigenvalue weighted by atomic mass is 10.2. The molecule has 3 rings (SSSR count). The van der Waals surface area contributed by atoms with E-state index in [0.29, 0.717) is 31.9 Å². The molecule has 30 heavy (non-hydrogen) atoms. The lowest BCUT2D eigenvalue weighted by Gasteiger charge is -2.18. The molecule has 0 bridgehead atoms. The average molecular weight is 451 g/mol. The summed E-state index contributed by atoms with van der Waals surface area (Å²) in [5.41, 5.74) is 0.553. The van der Waals surface area contributed by atoms with Gasteiger partial charge in [0.2, 0.25) is 15.9 Å². The molecule has 0 amide bonds. The van der Waals surface area contributed by atoms with Crippen molar-refractivity contribution in [1.82, 2.24) is 19.0 Å². The topological polar surface area (TPSA) is 84.7 Å². The van der Waals surface area contributed by atoms with Gasteiger partial charge in [0.1, 0.15) is 11.5 Å². The first-order valence-corrected chi connectivity index (χ1v) is 11.5. The number of sulfonamides is 1. The standard InChI is InChI=1S/C20H26N4O4S2/c1-5-23(6-2)30(25,26)18-9-7-8-16(12-18)19-21-24(20(29)28-19)14-22(4)13-17-11-10-15(3)27-17/h7-12H,5-6,13-14H2,1-4H3.